The largest absolute Gasteiger partial charge is 0.467 e. The summed E-state index contributed by atoms with van der Waals surface area (Å²) in [7, 11) is 1.40. The van der Waals surface area contributed by atoms with Gasteiger partial charge < -0.3 is 4.74 Å². The van der Waals surface area contributed by atoms with Gasteiger partial charge in [0.2, 0.25) is 0 Å². The van der Waals surface area contributed by atoms with Gasteiger partial charge >= 0.3 is 5.97 Å². The van der Waals surface area contributed by atoms with E-state index in [0.29, 0.717) is 17.5 Å². The Balaban J connectivity index is 2.33. The zero-order valence-corrected chi connectivity index (χ0v) is 12.8. The summed E-state index contributed by atoms with van der Waals surface area (Å²) in [4.78, 5) is 16.5. The summed E-state index contributed by atoms with van der Waals surface area (Å²) in [6, 6.07) is 9.56. The molecule has 1 unspecified atom stereocenters. The van der Waals surface area contributed by atoms with E-state index in [9.17, 15) is 4.79 Å². The van der Waals surface area contributed by atoms with Gasteiger partial charge in [-0.2, -0.15) is 5.10 Å². The van der Waals surface area contributed by atoms with E-state index in [4.69, 9.17) is 4.74 Å². The van der Waals surface area contributed by atoms with Gasteiger partial charge in [-0.15, -0.1) is 0 Å². The Morgan fingerprint density at radius 2 is 2.19 bits per heavy atom. The molecule has 112 valence electrons. The first kappa shape index (κ1) is 15.5. The summed E-state index contributed by atoms with van der Waals surface area (Å²) in [5.41, 5.74) is -0.0481. The average Bonchev–Trinajstić information content (AvgIpc) is 3.05. The molecular formula is C14H18N4O2S. The number of carbonyl (C=O) groups is 1. The van der Waals surface area contributed by atoms with E-state index in [-0.39, 0.29) is 5.97 Å². The molecule has 0 aliphatic rings. The minimum absolute atomic E-state index is 0.317. The van der Waals surface area contributed by atoms with E-state index in [1.54, 1.807) is 0 Å². The SMILES string of the molecule is CCNC(CSc1ncn[nH]1)(C(=O)OC)c1ccccc1. The molecule has 0 saturated heterocycles. The summed E-state index contributed by atoms with van der Waals surface area (Å²) >= 11 is 1.42. The molecule has 0 radical (unpaired) electrons. The second-order valence-corrected chi connectivity index (χ2v) is 5.34. The molecule has 0 amide bonds. The lowest BCUT2D eigenvalue weighted by Crippen LogP contribution is -2.52. The Morgan fingerprint density at radius 3 is 2.76 bits per heavy atom. The molecule has 0 aliphatic carbocycles. The molecule has 21 heavy (non-hydrogen) atoms. The van der Waals surface area contributed by atoms with Gasteiger partial charge in [0.25, 0.3) is 0 Å². The lowest BCUT2D eigenvalue weighted by atomic mass is 9.91. The third-order valence-electron chi connectivity index (χ3n) is 3.10. The predicted octanol–water partition coefficient (Wildman–Crippen LogP) is 1.57. The van der Waals surface area contributed by atoms with Crippen LogP contribution in [-0.4, -0.2) is 40.6 Å². The van der Waals surface area contributed by atoms with Gasteiger partial charge in [-0.1, -0.05) is 49.0 Å². The van der Waals surface area contributed by atoms with Crippen LogP contribution in [0, 0.1) is 0 Å². The molecule has 0 spiro atoms. The molecule has 0 aliphatic heterocycles. The summed E-state index contributed by atoms with van der Waals surface area (Å²) in [6.07, 6.45) is 1.44. The van der Waals surface area contributed by atoms with Crippen molar-refractivity contribution in [2.75, 3.05) is 19.4 Å². The van der Waals surface area contributed by atoms with E-state index in [0.717, 1.165) is 5.56 Å². The van der Waals surface area contributed by atoms with Crippen LogP contribution in [0.15, 0.2) is 41.8 Å². The summed E-state index contributed by atoms with van der Waals surface area (Å²) in [5, 5.41) is 10.5. The number of hydrogen-bond acceptors (Lipinski definition) is 6. The summed E-state index contributed by atoms with van der Waals surface area (Å²) < 4.78 is 5.03. The van der Waals surface area contributed by atoms with Gasteiger partial charge in [0.15, 0.2) is 10.7 Å². The number of benzene rings is 1. The van der Waals surface area contributed by atoms with E-state index in [1.165, 1.54) is 25.2 Å². The highest BCUT2D eigenvalue weighted by molar-refractivity contribution is 7.99. The zero-order chi connectivity index (χ0) is 15.1. The van der Waals surface area contributed by atoms with E-state index >= 15 is 0 Å². The molecule has 2 rings (SSSR count). The highest BCUT2D eigenvalue weighted by atomic mass is 32.2. The van der Waals surface area contributed by atoms with Crippen molar-refractivity contribution in [3.05, 3.63) is 42.2 Å². The molecular weight excluding hydrogens is 288 g/mol. The number of aromatic amines is 1. The standard InChI is InChI=1S/C14H18N4O2S/c1-3-16-14(12(19)20-2,11-7-5-4-6-8-11)9-21-13-15-10-17-18-13/h4-8,10,16H,3,9H2,1-2H3,(H,15,17,18). The van der Waals surface area contributed by atoms with Crippen LogP contribution in [0.2, 0.25) is 0 Å². The van der Waals surface area contributed by atoms with Crippen LogP contribution in [0.4, 0.5) is 0 Å². The first-order chi connectivity index (χ1) is 10.2. The van der Waals surface area contributed by atoms with Crippen molar-refractivity contribution in [1.82, 2.24) is 20.5 Å². The van der Waals surface area contributed by atoms with Crippen LogP contribution in [0.25, 0.3) is 0 Å². The fourth-order valence-corrected chi connectivity index (χ4v) is 3.10. The van der Waals surface area contributed by atoms with Crippen molar-refractivity contribution in [3.63, 3.8) is 0 Å². The number of aromatic nitrogens is 3. The molecule has 0 saturated carbocycles. The quantitative estimate of drug-likeness (QED) is 0.597. The van der Waals surface area contributed by atoms with Crippen molar-refractivity contribution >= 4 is 17.7 Å². The minimum Gasteiger partial charge on any atom is -0.467 e. The molecule has 6 nitrogen and oxygen atoms in total. The molecule has 0 bridgehead atoms. The Kier molecular flexibility index (Phi) is 5.35. The van der Waals surface area contributed by atoms with Crippen LogP contribution in [0.3, 0.4) is 0 Å². The highest BCUT2D eigenvalue weighted by Crippen LogP contribution is 2.29. The highest BCUT2D eigenvalue weighted by Gasteiger charge is 2.41. The lowest BCUT2D eigenvalue weighted by Gasteiger charge is -2.31. The topological polar surface area (TPSA) is 79.9 Å². The van der Waals surface area contributed by atoms with E-state index in [1.807, 2.05) is 37.3 Å². The van der Waals surface area contributed by atoms with Crippen molar-refractivity contribution in [2.45, 2.75) is 17.6 Å². The van der Waals surface area contributed by atoms with E-state index < -0.39 is 5.54 Å². The van der Waals surface area contributed by atoms with Gasteiger partial charge in [-0.25, -0.2) is 9.78 Å². The fraction of sp³-hybridized carbons (Fsp3) is 0.357. The van der Waals surface area contributed by atoms with Crippen molar-refractivity contribution in [1.29, 1.82) is 0 Å². The first-order valence-electron chi connectivity index (χ1n) is 6.60. The number of nitrogens with one attached hydrogen (secondary N) is 2. The van der Waals surface area contributed by atoms with E-state index in [2.05, 4.69) is 20.5 Å². The Hall–Kier alpha value is -1.86. The number of thioether (sulfide) groups is 1. The number of nitrogens with zero attached hydrogens (tertiary/aromatic N) is 2. The fourth-order valence-electron chi connectivity index (χ4n) is 2.12. The van der Waals surface area contributed by atoms with Crippen LogP contribution >= 0.6 is 11.8 Å². The van der Waals surface area contributed by atoms with Gasteiger partial charge in [0.1, 0.15) is 6.33 Å². The maximum absolute atomic E-state index is 12.4. The third kappa shape index (κ3) is 3.43. The number of hydrogen-bond donors (Lipinski definition) is 2. The Bertz CT molecular complexity index is 562. The van der Waals surface area contributed by atoms with Gasteiger partial charge in [-0.05, 0) is 12.1 Å². The number of rotatable bonds is 7. The lowest BCUT2D eigenvalue weighted by molar-refractivity contribution is -0.148. The smallest absolute Gasteiger partial charge is 0.331 e. The number of carbonyl (C=O) groups excluding carboxylic acids is 1. The monoisotopic (exact) mass is 306 g/mol. The predicted molar refractivity (Wildman–Crippen MR) is 80.9 cm³/mol. The summed E-state index contributed by atoms with van der Waals surface area (Å²) in [6.45, 7) is 2.60. The molecule has 7 heteroatoms. The number of H-pyrrole nitrogens is 1. The van der Waals surface area contributed by atoms with Crippen LogP contribution in [0.1, 0.15) is 12.5 Å². The Labute approximate surface area is 127 Å². The average molecular weight is 306 g/mol. The molecule has 1 aromatic carbocycles. The number of esters is 1. The normalized spacial score (nSPS) is 13.6. The summed E-state index contributed by atoms with van der Waals surface area (Å²) in [5.74, 6) is 0.134. The number of likely N-dealkylation sites (N-methyl/N-ethyl adjacent to an activating group) is 1. The van der Waals surface area contributed by atoms with Crippen molar-refractivity contribution in [3.8, 4) is 0 Å². The maximum atomic E-state index is 12.4. The molecule has 1 heterocycles. The van der Waals surface area contributed by atoms with Crippen LogP contribution in [0.5, 0.6) is 0 Å². The molecule has 2 N–H and O–H groups in total. The second kappa shape index (κ2) is 7.24. The second-order valence-electron chi connectivity index (χ2n) is 4.37. The van der Waals surface area contributed by atoms with Crippen molar-refractivity contribution < 1.29 is 9.53 Å². The zero-order valence-electron chi connectivity index (χ0n) is 12.0. The first-order valence-corrected chi connectivity index (χ1v) is 7.58. The van der Waals surface area contributed by atoms with Gasteiger partial charge in [-0.3, -0.25) is 10.4 Å². The van der Waals surface area contributed by atoms with Gasteiger partial charge in [0, 0.05) is 5.75 Å². The molecule has 2 aromatic rings. The number of ether oxygens (including phenoxy) is 1. The van der Waals surface area contributed by atoms with Crippen molar-refractivity contribution in [2.24, 2.45) is 0 Å². The van der Waals surface area contributed by atoms with Gasteiger partial charge in [0.05, 0.1) is 7.11 Å². The minimum atomic E-state index is -0.914. The maximum Gasteiger partial charge on any atom is 0.331 e. The Morgan fingerprint density at radius 1 is 1.43 bits per heavy atom. The molecule has 1 atom stereocenters. The van der Waals surface area contributed by atoms with Crippen LogP contribution < -0.4 is 5.32 Å². The number of methoxy groups -OCH3 is 1. The van der Waals surface area contributed by atoms with Crippen LogP contribution in [-0.2, 0) is 15.1 Å². The molecule has 0 fully saturated rings. The third-order valence-corrected chi connectivity index (χ3v) is 4.14. The molecule has 1 aromatic heterocycles.